The molecular weight excluding hydrogens is 371 g/mol. The maximum atomic E-state index is 11.5. The second-order valence-corrected chi connectivity index (χ2v) is 4.81. The van der Waals surface area contributed by atoms with Crippen molar-refractivity contribution in [3.05, 3.63) is 0 Å². The first-order chi connectivity index (χ1) is 9.21. The van der Waals surface area contributed by atoms with E-state index in [1.165, 1.54) is 0 Å². The van der Waals surface area contributed by atoms with E-state index < -0.39 is 0 Å². The Labute approximate surface area is 138 Å². The zero-order valence-corrected chi connectivity index (χ0v) is 15.0. The van der Waals surface area contributed by atoms with Crippen LogP contribution in [0.2, 0.25) is 0 Å². The van der Waals surface area contributed by atoms with Gasteiger partial charge in [-0.2, -0.15) is 0 Å². The molecule has 118 valence electrons. The smallest absolute Gasteiger partial charge is 0.239 e. The van der Waals surface area contributed by atoms with Crippen LogP contribution in [0.5, 0.6) is 0 Å². The predicted octanol–water partition coefficient (Wildman–Crippen LogP) is 0.674. The molecular formula is C13H27IN4O2. The molecule has 1 rings (SSSR count). The number of methoxy groups -OCH3 is 1. The molecule has 20 heavy (non-hydrogen) atoms. The summed E-state index contributed by atoms with van der Waals surface area (Å²) in [6, 6.07) is 0. The van der Waals surface area contributed by atoms with E-state index >= 15 is 0 Å². The molecule has 1 aliphatic rings. The Kier molecular flexibility index (Phi) is 10.8. The van der Waals surface area contributed by atoms with Gasteiger partial charge in [0.2, 0.25) is 5.91 Å². The van der Waals surface area contributed by atoms with Crippen molar-refractivity contribution in [2.45, 2.75) is 19.8 Å². The van der Waals surface area contributed by atoms with Crippen molar-refractivity contribution in [3.63, 3.8) is 0 Å². The van der Waals surface area contributed by atoms with E-state index in [1.54, 1.807) is 14.2 Å². The maximum Gasteiger partial charge on any atom is 0.239 e. The Morgan fingerprint density at radius 2 is 2.20 bits per heavy atom. The predicted molar refractivity (Wildman–Crippen MR) is 91.6 cm³/mol. The molecule has 1 amide bonds. The van der Waals surface area contributed by atoms with Gasteiger partial charge >= 0.3 is 0 Å². The molecule has 0 radical (unpaired) electrons. The number of guanidine groups is 1. The Balaban J connectivity index is 0.00000361. The summed E-state index contributed by atoms with van der Waals surface area (Å²) < 4.78 is 5.18. The average molecular weight is 398 g/mol. The molecule has 1 heterocycles. The lowest BCUT2D eigenvalue weighted by Crippen LogP contribution is -2.44. The summed E-state index contributed by atoms with van der Waals surface area (Å²) in [6.07, 6.45) is 2.06. The summed E-state index contributed by atoms with van der Waals surface area (Å²) in [4.78, 5) is 17.9. The van der Waals surface area contributed by atoms with Gasteiger partial charge in [-0.05, 0) is 12.8 Å². The number of amides is 1. The second kappa shape index (κ2) is 11.1. The number of carbonyl (C=O) groups excluding carboxylic acids is 1. The number of hydrogen-bond acceptors (Lipinski definition) is 3. The van der Waals surface area contributed by atoms with Crippen molar-refractivity contribution in [1.82, 2.24) is 15.5 Å². The summed E-state index contributed by atoms with van der Waals surface area (Å²) in [5.74, 6) is 1.36. The van der Waals surface area contributed by atoms with Crippen molar-refractivity contribution in [3.8, 4) is 0 Å². The van der Waals surface area contributed by atoms with Gasteiger partial charge in [0.05, 0.1) is 13.2 Å². The van der Waals surface area contributed by atoms with Crippen LogP contribution in [0.4, 0.5) is 0 Å². The Bertz CT molecular complexity index is 313. The fraction of sp³-hybridized carbons (Fsp3) is 0.846. The molecule has 0 spiro atoms. The van der Waals surface area contributed by atoms with Gasteiger partial charge in [-0.1, -0.05) is 6.92 Å². The number of halogens is 1. The van der Waals surface area contributed by atoms with E-state index in [4.69, 9.17) is 4.74 Å². The van der Waals surface area contributed by atoms with Crippen LogP contribution in [0.25, 0.3) is 0 Å². The topological polar surface area (TPSA) is 66.0 Å². The lowest BCUT2D eigenvalue weighted by Gasteiger charge is -2.21. The average Bonchev–Trinajstić information content (AvgIpc) is 2.86. The molecule has 0 aromatic rings. The first-order valence-corrected chi connectivity index (χ1v) is 6.92. The molecule has 1 saturated heterocycles. The Morgan fingerprint density at radius 3 is 2.80 bits per heavy atom. The van der Waals surface area contributed by atoms with Gasteiger partial charge in [0.1, 0.15) is 0 Å². The summed E-state index contributed by atoms with van der Waals surface area (Å²) in [6.45, 7) is 5.71. The summed E-state index contributed by atoms with van der Waals surface area (Å²) in [5.41, 5.74) is 0. The second-order valence-electron chi connectivity index (χ2n) is 4.81. The summed E-state index contributed by atoms with van der Waals surface area (Å²) in [7, 11) is 3.48. The molecule has 0 aromatic carbocycles. The van der Waals surface area contributed by atoms with Gasteiger partial charge in [-0.25, -0.2) is 0 Å². The van der Waals surface area contributed by atoms with Crippen LogP contribution in [0, 0.1) is 5.92 Å². The number of carbonyl (C=O) groups is 1. The number of likely N-dealkylation sites (tertiary alicyclic amines) is 1. The molecule has 0 bridgehead atoms. The van der Waals surface area contributed by atoms with Crippen LogP contribution < -0.4 is 10.6 Å². The fourth-order valence-corrected chi connectivity index (χ4v) is 2.22. The highest BCUT2D eigenvalue weighted by Gasteiger charge is 2.24. The summed E-state index contributed by atoms with van der Waals surface area (Å²) in [5, 5.41) is 5.94. The minimum absolute atomic E-state index is 0. The Morgan fingerprint density at radius 1 is 1.45 bits per heavy atom. The van der Waals surface area contributed by atoms with Crippen molar-refractivity contribution in [2.75, 3.05) is 46.9 Å². The van der Waals surface area contributed by atoms with Crippen molar-refractivity contribution >= 4 is 35.8 Å². The first kappa shape index (κ1) is 19.4. The van der Waals surface area contributed by atoms with Gasteiger partial charge in [0.15, 0.2) is 5.96 Å². The van der Waals surface area contributed by atoms with Gasteiger partial charge in [-0.3, -0.25) is 9.79 Å². The van der Waals surface area contributed by atoms with E-state index in [0.29, 0.717) is 5.92 Å². The molecule has 1 unspecified atom stereocenters. The number of ether oxygens (including phenoxy) is 1. The maximum absolute atomic E-state index is 11.5. The van der Waals surface area contributed by atoms with Gasteiger partial charge in [0, 0.05) is 39.7 Å². The SMILES string of the molecule is CCCNC(=O)CNC(=NC)N1CCC(COC)C1.I. The lowest BCUT2D eigenvalue weighted by molar-refractivity contribution is -0.120. The molecule has 2 N–H and O–H groups in total. The highest BCUT2D eigenvalue weighted by Crippen LogP contribution is 2.16. The molecule has 0 aromatic heterocycles. The fourth-order valence-electron chi connectivity index (χ4n) is 2.22. The largest absolute Gasteiger partial charge is 0.384 e. The zero-order valence-electron chi connectivity index (χ0n) is 12.6. The third kappa shape index (κ3) is 6.74. The number of aliphatic imine (C=N–C) groups is 1. The Hall–Kier alpha value is -0.570. The molecule has 0 aliphatic carbocycles. The van der Waals surface area contributed by atoms with E-state index in [9.17, 15) is 4.79 Å². The highest BCUT2D eigenvalue weighted by atomic mass is 127. The quantitative estimate of drug-likeness (QED) is 0.392. The van der Waals surface area contributed by atoms with Crippen LogP contribution in [-0.4, -0.2) is 63.7 Å². The molecule has 7 heteroatoms. The zero-order chi connectivity index (χ0) is 14.1. The van der Waals surface area contributed by atoms with Crippen molar-refractivity contribution < 1.29 is 9.53 Å². The van der Waals surface area contributed by atoms with Crippen LogP contribution in [0.15, 0.2) is 4.99 Å². The molecule has 1 fully saturated rings. The van der Waals surface area contributed by atoms with Crippen LogP contribution in [-0.2, 0) is 9.53 Å². The van der Waals surface area contributed by atoms with E-state index in [-0.39, 0.29) is 36.4 Å². The van der Waals surface area contributed by atoms with Crippen LogP contribution in [0.1, 0.15) is 19.8 Å². The molecule has 1 atom stereocenters. The lowest BCUT2D eigenvalue weighted by atomic mass is 10.1. The first-order valence-electron chi connectivity index (χ1n) is 6.92. The van der Waals surface area contributed by atoms with Gasteiger partial charge < -0.3 is 20.3 Å². The third-order valence-corrected chi connectivity index (χ3v) is 3.18. The minimum Gasteiger partial charge on any atom is -0.384 e. The van der Waals surface area contributed by atoms with Crippen molar-refractivity contribution in [2.24, 2.45) is 10.9 Å². The standard InChI is InChI=1S/C13H26N4O2.HI/c1-4-6-15-12(18)8-16-13(14-2)17-7-5-11(9-17)10-19-3;/h11H,4-10H2,1-3H3,(H,14,16)(H,15,18);1H. The monoisotopic (exact) mass is 398 g/mol. The summed E-state index contributed by atoms with van der Waals surface area (Å²) >= 11 is 0. The normalized spacial score (nSPS) is 18.6. The molecule has 6 nitrogen and oxygen atoms in total. The van der Waals surface area contributed by atoms with Crippen molar-refractivity contribution in [1.29, 1.82) is 0 Å². The number of hydrogen-bond donors (Lipinski definition) is 2. The number of nitrogens with zero attached hydrogens (tertiary/aromatic N) is 2. The van der Waals surface area contributed by atoms with Crippen LogP contribution in [0.3, 0.4) is 0 Å². The number of rotatable bonds is 6. The van der Waals surface area contributed by atoms with E-state index in [2.05, 4.69) is 20.5 Å². The third-order valence-electron chi connectivity index (χ3n) is 3.18. The highest BCUT2D eigenvalue weighted by molar-refractivity contribution is 14.0. The number of nitrogens with one attached hydrogen (secondary N) is 2. The van der Waals surface area contributed by atoms with Gasteiger partial charge in [-0.15, -0.1) is 24.0 Å². The molecule has 1 aliphatic heterocycles. The minimum atomic E-state index is 0. The molecule has 0 saturated carbocycles. The van der Waals surface area contributed by atoms with Crippen LogP contribution >= 0.6 is 24.0 Å². The van der Waals surface area contributed by atoms with E-state index in [1.807, 2.05) is 6.92 Å². The van der Waals surface area contributed by atoms with E-state index in [0.717, 1.165) is 45.0 Å². The van der Waals surface area contributed by atoms with Gasteiger partial charge in [0.25, 0.3) is 0 Å².